The number of hydrogen-bond acceptors (Lipinski definition) is 6. The van der Waals surface area contributed by atoms with Crippen LogP contribution in [0.3, 0.4) is 0 Å². The molecule has 2 saturated heterocycles. The van der Waals surface area contributed by atoms with Gasteiger partial charge in [-0.2, -0.15) is 8.78 Å². The number of hydrogen-bond donors (Lipinski definition) is 1. The van der Waals surface area contributed by atoms with Gasteiger partial charge in [-0.1, -0.05) is 18.9 Å². The van der Waals surface area contributed by atoms with E-state index >= 15 is 0 Å². The van der Waals surface area contributed by atoms with Crippen molar-refractivity contribution in [3.63, 3.8) is 0 Å². The van der Waals surface area contributed by atoms with Crippen molar-refractivity contribution < 1.29 is 46.1 Å². The number of aromatic carboxylic acids is 1. The van der Waals surface area contributed by atoms with Crippen molar-refractivity contribution in [3.8, 4) is 22.5 Å². The molecule has 2 fully saturated rings. The van der Waals surface area contributed by atoms with Crippen LogP contribution < -0.4 is 14.8 Å². The van der Waals surface area contributed by atoms with E-state index in [-0.39, 0.29) is 34.7 Å². The van der Waals surface area contributed by atoms with Crippen molar-refractivity contribution >= 4 is 40.0 Å². The molecule has 1 aliphatic carbocycles. The van der Waals surface area contributed by atoms with Crippen LogP contribution in [0, 0.1) is 0 Å². The number of alkyl halides is 5. The molecule has 3 aliphatic heterocycles. The number of halogens is 5. The zero-order chi connectivity index (χ0) is 36.2. The molecule has 6 rings (SSSR count). The molecule has 13 heteroatoms. The number of ketones is 1. The largest absolute Gasteiger partial charge is 0.478 e. The molecule has 0 bridgehead atoms. The quantitative estimate of drug-likeness (QED) is 0.0299. The lowest BCUT2D eigenvalue weighted by molar-refractivity contribution is -0.0644. The number of carboxylic acids is 1. The van der Waals surface area contributed by atoms with Gasteiger partial charge in [0, 0.05) is 65.4 Å². The van der Waals surface area contributed by atoms with Crippen LogP contribution in [0.25, 0.3) is 33.4 Å². The molecule has 1 N–H and O–H groups in total. The van der Waals surface area contributed by atoms with E-state index < -0.39 is 44.0 Å². The van der Waals surface area contributed by atoms with E-state index in [9.17, 15) is 32.3 Å². The average Bonchev–Trinajstić information content (AvgIpc) is 3.08. The molecule has 0 radical (unpaired) electrons. The first-order valence-electron chi connectivity index (χ1n) is 17.2. The van der Waals surface area contributed by atoms with Crippen molar-refractivity contribution in [1.29, 1.82) is 0 Å². The van der Waals surface area contributed by atoms with E-state index in [1.807, 2.05) is 0 Å². The molecule has 0 spiro atoms. The molecule has 2 aromatic carbocycles. The molecule has 0 saturated carbocycles. The number of benzene rings is 3. The van der Waals surface area contributed by atoms with Crippen LogP contribution in [0.2, 0.25) is 0 Å². The number of unbranched alkanes of at least 4 members (excludes halogenated alkanes) is 3. The summed E-state index contributed by atoms with van der Waals surface area (Å²) >= 11 is 5.69. The minimum atomic E-state index is -2.80. The van der Waals surface area contributed by atoms with Crippen molar-refractivity contribution in [2.24, 2.45) is 0 Å². The second-order valence-electron chi connectivity index (χ2n) is 13.2. The molecule has 0 atom stereocenters. The first kappa shape index (κ1) is 36.8. The molecule has 2 aromatic rings. The third-order valence-corrected chi connectivity index (χ3v) is 9.45. The topological polar surface area (TPSA) is 92.2 Å². The summed E-state index contributed by atoms with van der Waals surface area (Å²) in [5.74, 6) is -6.05. The minimum absolute atomic E-state index is 0.0549. The van der Waals surface area contributed by atoms with Gasteiger partial charge in [-0.25, -0.2) is 18.2 Å². The molecule has 4 aliphatic rings. The van der Waals surface area contributed by atoms with Crippen LogP contribution in [0.4, 0.5) is 23.2 Å². The second kappa shape index (κ2) is 15.7. The van der Waals surface area contributed by atoms with Gasteiger partial charge in [0.15, 0.2) is 5.78 Å². The number of ether oxygens (including phenoxy) is 2. The molecular weight excluding hydrogens is 692 g/mol. The van der Waals surface area contributed by atoms with Crippen molar-refractivity contribution in [2.75, 3.05) is 63.4 Å². The molecule has 272 valence electrons. The minimum Gasteiger partial charge on any atom is -0.478 e. The van der Waals surface area contributed by atoms with Gasteiger partial charge >= 0.3 is 11.9 Å². The number of anilines is 1. The molecule has 0 amide bonds. The first-order valence-corrected chi connectivity index (χ1v) is 17.7. The van der Waals surface area contributed by atoms with Crippen LogP contribution in [-0.4, -0.2) is 87.2 Å². The van der Waals surface area contributed by atoms with E-state index in [1.165, 1.54) is 21.6 Å². The molecular formula is C38H40ClF4N2O6+. The number of nitrogens with zero attached hydrogens (tertiary/aromatic N) is 2. The summed E-state index contributed by atoms with van der Waals surface area (Å²) in [7, 11) is 0. The van der Waals surface area contributed by atoms with Gasteiger partial charge in [-0.3, -0.25) is 4.79 Å². The lowest BCUT2D eigenvalue weighted by Gasteiger charge is -2.40. The highest BCUT2D eigenvalue weighted by Gasteiger charge is 2.50. The Labute approximate surface area is 297 Å². The third kappa shape index (κ3) is 8.73. The molecule has 3 heterocycles. The third-order valence-electron chi connectivity index (χ3n) is 9.19. The molecule has 8 nitrogen and oxygen atoms in total. The van der Waals surface area contributed by atoms with Crippen molar-refractivity contribution in [2.45, 2.75) is 50.4 Å². The predicted octanol–water partition coefficient (Wildman–Crippen LogP) is 7.57. The SMILES string of the molecule is O=C(CCCOCCOCCCCCCCl)c1ccc(C(=O)O)c(-c2c3ccc(=[N+]4CC(F)(F)C4)cc-3oc3cc(N4CC(F)(F)C4)ccc23)c1. The number of fused-ring (bicyclic) bond motifs is 2. The Bertz CT molecular complexity index is 1930. The number of rotatable bonds is 17. The van der Waals surface area contributed by atoms with Crippen LogP contribution in [0.15, 0.2) is 59.0 Å². The zero-order valence-corrected chi connectivity index (χ0v) is 28.8. The second-order valence-corrected chi connectivity index (χ2v) is 13.6. The summed E-state index contributed by atoms with van der Waals surface area (Å²) in [5.41, 5.74) is 2.27. The summed E-state index contributed by atoms with van der Waals surface area (Å²) in [4.78, 5) is 27.4. The normalized spacial score (nSPS) is 16.3. The van der Waals surface area contributed by atoms with Crippen molar-refractivity contribution in [1.82, 2.24) is 4.58 Å². The Hall–Kier alpha value is -4.00. The number of carbonyl (C=O) groups excluding carboxylic acids is 1. The fourth-order valence-electron chi connectivity index (χ4n) is 6.50. The summed E-state index contributed by atoms with van der Waals surface area (Å²) in [6, 6.07) is 14.4. The Morgan fingerprint density at radius 1 is 0.824 bits per heavy atom. The van der Waals surface area contributed by atoms with Crippen LogP contribution in [0.1, 0.15) is 59.2 Å². The highest BCUT2D eigenvalue weighted by molar-refractivity contribution is 6.17. The standard InChI is InChI=1S/C38H39ClF4N2O6/c39-13-3-1-2-4-14-49-16-17-50-15-5-6-32(46)25-7-10-28(36(47)48)31(18-25)35-29-11-8-26(44-21-37(40,41)22-44)19-33(29)51-34-20-27(9-12-30(34)35)45-23-38(42,43)24-45/h7-12,18-20H,1-6,13-17,21-24H2/p+1. The van der Waals surface area contributed by atoms with Gasteiger partial charge < -0.3 is 23.9 Å². The van der Waals surface area contributed by atoms with Crippen molar-refractivity contribution in [3.05, 3.63) is 71.1 Å². The number of carbonyl (C=O) groups is 2. The fourth-order valence-corrected chi connectivity index (χ4v) is 6.69. The number of carboxylic acid groups (broad SMARTS) is 1. The van der Waals surface area contributed by atoms with Gasteiger partial charge in [0.2, 0.25) is 18.4 Å². The van der Waals surface area contributed by atoms with Crippen LogP contribution in [0.5, 0.6) is 0 Å². The first-order chi connectivity index (χ1) is 24.4. The smallest absolute Gasteiger partial charge is 0.361 e. The van der Waals surface area contributed by atoms with Gasteiger partial charge in [-0.05, 0) is 55.2 Å². The van der Waals surface area contributed by atoms with Gasteiger partial charge in [-0.15, -0.1) is 11.6 Å². The highest BCUT2D eigenvalue weighted by Crippen LogP contribution is 2.43. The van der Waals surface area contributed by atoms with E-state index in [2.05, 4.69) is 0 Å². The van der Waals surface area contributed by atoms with Crippen LogP contribution >= 0.6 is 11.6 Å². The summed E-state index contributed by atoms with van der Waals surface area (Å²) in [6.07, 6.45) is 4.77. The number of Topliss-reactive ketones (excluding diaryl/α,β-unsaturated/α-hetero) is 1. The van der Waals surface area contributed by atoms with E-state index in [0.29, 0.717) is 71.8 Å². The average molecular weight is 732 g/mol. The predicted molar refractivity (Wildman–Crippen MR) is 187 cm³/mol. The van der Waals surface area contributed by atoms with E-state index in [0.717, 1.165) is 25.7 Å². The lowest BCUT2D eigenvalue weighted by atomic mass is 9.88. The molecule has 0 unspecified atom stereocenters. The van der Waals surface area contributed by atoms with E-state index in [4.69, 9.17) is 25.5 Å². The van der Waals surface area contributed by atoms with Gasteiger partial charge in [0.25, 0.3) is 5.92 Å². The Balaban J connectivity index is 1.25. The summed E-state index contributed by atoms with van der Waals surface area (Å²) < 4.78 is 73.8. The van der Waals surface area contributed by atoms with Gasteiger partial charge in [0.05, 0.1) is 37.9 Å². The lowest BCUT2D eigenvalue weighted by Crippen LogP contribution is -2.57. The maximum Gasteiger partial charge on any atom is 0.361 e. The maximum absolute atomic E-state index is 13.7. The van der Waals surface area contributed by atoms with Crippen LogP contribution in [-0.2, 0) is 9.47 Å². The van der Waals surface area contributed by atoms with E-state index in [1.54, 1.807) is 42.5 Å². The Morgan fingerprint density at radius 2 is 1.55 bits per heavy atom. The molecule has 51 heavy (non-hydrogen) atoms. The van der Waals surface area contributed by atoms with Gasteiger partial charge in [0.1, 0.15) is 11.3 Å². The molecule has 0 aromatic heterocycles. The summed E-state index contributed by atoms with van der Waals surface area (Å²) in [6.45, 7) is 0.0979. The fraction of sp³-hybridized carbons (Fsp3) is 0.447. The summed E-state index contributed by atoms with van der Waals surface area (Å²) in [5, 5.41) is 11.2. The monoisotopic (exact) mass is 731 g/mol. The Morgan fingerprint density at radius 3 is 2.24 bits per heavy atom. The Kier molecular flexibility index (Phi) is 11.3. The maximum atomic E-state index is 13.7. The highest BCUT2D eigenvalue weighted by atomic mass is 35.5. The zero-order valence-electron chi connectivity index (χ0n) is 28.1.